The third kappa shape index (κ3) is 2.83. The van der Waals surface area contributed by atoms with E-state index in [4.69, 9.17) is 38.2 Å². The maximum absolute atomic E-state index is 6.04. The predicted molar refractivity (Wildman–Crippen MR) is 77.5 cm³/mol. The lowest BCUT2D eigenvalue weighted by Gasteiger charge is -2.12. The van der Waals surface area contributed by atoms with Crippen LogP contribution in [-0.4, -0.2) is 20.5 Å². The third-order valence-corrected chi connectivity index (χ3v) is 3.24. The Morgan fingerprint density at radius 1 is 1.23 bits per heavy atom. The summed E-state index contributed by atoms with van der Waals surface area (Å²) in [4.78, 5) is 4.14. The van der Waals surface area contributed by atoms with E-state index in [0.29, 0.717) is 15.8 Å². The molecule has 1 atom stereocenters. The number of nitrogen functional groups attached to an aromatic ring is 1. The number of aromatic nitrogens is 4. The lowest BCUT2D eigenvalue weighted by atomic mass is 10.3. The van der Waals surface area contributed by atoms with Crippen molar-refractivity contribution in [2.24, 2.45) is 0 Å². The summed E-state index contributed by atoms with van der Waals surface area (Å²) in [5.74, 6) is 0.900. The van der Waals surface area contributed by atoms with Crippen molar-refractivity contribution in [1.82, 2.24) is 20.5 Å². The first-order valence-electron chi connectivity index (χ1n) is 6.08. The lowest BCUT2D eigenvalue weighted by molar-refractivity contribution is 0.176. The molecule has 0 aliphatic carbocycles. The van der Waals surface area contributed by atoms with Crippen LogP contribution in [0.25, 0.3) is 11.5 Å². The number of nitrogens with two attached hydrogens (primary N) is 1. The van der Waals surface area contributed by atoms with Crippen LogP contribution in [0, 0.1) is 0 Å². The molecule has 22 heavy (non-hydrogen) atoms. The average Bonchev–Trinajstić information content (AvgIpc) is 3.10. The Bertz CT molecular complexity index is 804. The largest absolute Gasteiger partial charge is 0.479 e. The van der Waals surface area contributed by atoms with Crippen LogP contribution in [0.4, 0.5) is 5.82 Å². The van der Waals surface area contributed by atoms with E-state index in [1.54, 1.807) is 25.1 Å². The monoisotopic (exact) mass is 341 g/mol. The van der Waals surface area contributed by atoms with Gasteiger partial charge in [-0.05, 0) is 35.4 Å². The molecule has 2 N–H and O–H groups in total. The van der Waals surface area contributed by atoms with Crippen molar-refractivity contribution < 1.29 is 13.9 Å². The molecule has 0 radical (unpaired) electrons. The van der Waals surface area contributed by atoms with Crippen LogP contribution >= 0.6 is 23.2 Å². The maximum Gasteiger partial charge on any atom is 0.267 e. The predicted octanol–water partition coefficient (Wildman–Crippen LogP) is 3.15. The standard InChI is InChI=1S/C12H9Cl2N5O3/c1-5(20-8-3-2-6(13)4-7(8)14)12-16-11(19-21-12)9-10(15)18-22-17-9/h2-5H,1H3,(H2,15,18)/t5-/m0/s1. The van der Waals surface area contributed by atoms with Crippen molar-refractivity contribution >= 4 is 29.0 Å². The van der Waals surface area contributed by atoms with Crippen LogP contribution in [0.15, 0.2) is 27.4 Å². The summed E-state index contributed by atoms with van der Waals surface area (Å²) in [6.07, 6.45) is -0.541. The highest BCUT2D eigenvalue weighted by Gasteiger charge is 2.21. The van der Waals surface area contributed by atoms with Gasteiger partial charge in [0.1, 0.15) is 5.75 Å². The van der Waals surface area contributed by atoms with Gasteiger partial charge in [0.15, 0.2) is 17.6 Å². The number of hydrogen-bond acceptors (Lipinski definition) is 8. The molecule has 0 aliphatic heterocycles. The van der Waals surface area contributed by atoms with Gasteiger partial charge in [-0.3, -0.25) is 0 Å². The van der Waals surface area contributed by atoms with Crippen LogP contribution in [0.3, 0.4) is 0 Å². The fourth-order valence-electron chi connectivity index (χ4n) is 1.66. The van der Waals surface area contributed by atoms with Crippen LogP contribution in [0.5, 0.6) is 5.75 Å². The van der Waals surface area contributed by atoms with Gasteiger partial charge in [-0.1, -0.05) is 28.4 Å². The highest BCUT2D eigenvalue weighted by Crippen LogP contribution is 2.31. The summed E-state index contributed by atoms with van der Waals surface area (Å²) < 4.78 is 15.3. The van der Waals surface area contributed by atoms with Crippen molar-refractivity contribution in [2.45, 2.75) is 13.0 Å². The van der Waals surface area contributed by atoms with Gasteiger partial charge >= 0.3 is 0 Å². The molecule has 114 valence electrons. The first-order valence-corrected chi connectivity index (χ1v) is 6.84. The van der Waals surface area contributed by atoms with Gasteiger partial charge in [-0.15, -0.1) is 0 Å². The minimum Gasteiger partial charge on any atom is -0.479 e. The molecule has 0 fully saturated rings. The Hall–Kier alpha value is -2.32. The number of ether oxygens (including phenoxy) is 1. The highest BCUT2D eigenvalue weighted by molar-refractivity contribution is 6.35. The molecule has 2 aromatic heterocycles. The first-order chi connectivity index (χ1) is 10.5. The van der Waals surface area contributed by atoms with E-state index in [1.165, 1.54) is 0 Å². The van der Waals surface area contributed by atoms with E-state index in [2.05, 4.69) is 25.1 Å². The zero-order chi connectivity index (χ0) is 15.7. The normalized spacial score (nSPS) is 12.3. The molecular formula is C12H9Cl2N5O3. The second-order valence-corrected chi connectivity index (χ2v) is 5.13. The summed E-state index contributed by atoms with van der Waals surface area (Å²) in [5.41, 5.74) is 5.77. The van der Waals surface area contributed by atoms with Gasteiger partial charge in [0.05, 0.1) is 5.02 Å². The highest BCUT2D eigenvalue weighted by atomic mass is 35.5. The fourth-order valence-corrected chi connectivity index (χ4v) is 2.11. The van der Waals surface area contributed by atoms with E-state index < -0.39 is 6.10 Å². The zero-order valence-electron chi connectivity index (χ0n) is 11.2. The summed E-state index contributed by atoms with van der Waals surface area (Å²) >= 11 is 11.9. The summed E-state index contributed by atoms with van der Waals surface area (Å²) in [5, 5.41) is 11.7. The Kier molecular flexibility index (Phi) is 3.86. The number of anilines is 1. The maximum atomic E-state index is 6.04. The molecule has 8 nitrogen and oxygen atoms in total. The van der Waals surface area contributed by atoms with Crippen molar-refractivity contribution in [3.8, 4) is 17.3 Å². The molecule has 0 aliphatic rings. The van der Waals surface area contributed by atoms with Gasteiger partial charge in [0, 0.05) is 5.02 Å². The summed E-state index contributed by atoms with van der Waals surface area (Å²) in [7, 11) is 0. The van der Waals surface area contributed by atoms with Crippen LogP contribution in [-0.2, 0) is 0 Å². The molecule has 0 unspecified atom stereocenters. The Labute approximate surface area is 134 Å². The molecule has 0 amide bonds. The molecule has 0 spiro atoms. The molecule has 0 saturated carbocycles. The SMILES string of the molecule is C[C@H](Oc1ccc(Cl)cc1Cl)c1nc(-c2nonc2N)no1. The van der Waals surface area contributed by atoms with Crippen LogP contribution in [0.1, 0.15) is 18.9 Å². The number of hydrogen-bond donors (Lipinski definition) is 1. The van der Waals surface area contributed by atoms with Gasteiger partial charge in [-0.25, -0.2) is 4.63 Å². The number of nitrogens with zero attached hydrogens (tertiary/aromatic N) is 4. The Morgan fingerprint density at radius 3 is 2.73 bits per heavy atom. The van der Waals surface area contributed by atoms with Crippen LogP contribution in [0.2, 0.25) is 10.0 Å². The smallest absolute Gasteiger partial charge is 0.267 e. The fraction of sp³-hybridized carbons (Fsp3) is 0.167. The number of rotatable bonds is 4. The number of benzene rings is 1. The van der Waals surface area contributed by atoms with Crippen molar-refractivity contribution in [3.05, 3.63) is 34.1 Å². The number of halogens is 2. The van der Waals surface area contributed by atoms with E-state index in [-0.39, 0.29) is 23.2 Å². The lowest BCUT2D eigenvalue weighted by Crippen LogP contribution is -2.04. The van der Waals surface area contributed by atoms with Gasteiger partial charge < -0.3 is 15.0 Å². The van der Waals surface area contributed by atoms with E-state index in [9.17, 15) is 0 Å². The second-order valence-electron chi connectivity index (χ2n) is 4.29. The summed E-state index contributed by atoms with van der Waals surface area (Å²) in [6.45, 7) is 1.73. The molecule has 2 heterocycles. The minimum atomic E-state index is -0.541. The van der Waals surface area contributed by atoms with Gasteiger partial charge in [0.2, 0.25) is 5.82 Å². The first kappa shape index (κ1) is 14.6. The van der Waals surface area contributed by atoms with E-state index >= 15 is 0 Å². The van der Waals surface area contributed by atoms with Crippen molar-refractivity contribution in [3.63, 3.8) is 0 Å². The van der Waals surface area contributed by atoms with E-state index in [1.807, 2.05) is 0 Å². The Balaban J connectivity index is 1.80. The topological polar surface area (TPSA) is 113 Å². The average molecular weight is 342 g/mol. The van der Waals surface area contributed by atoms with Gasteiger partial charge in [0.25, 0.3) is 5.89 Å². The summed E-state index contributed by atoms with van der Waals surface area (Å²) in [6, 6.07) is 4.89. The molecule has 0 bridgehead atoms. The van der Waals surface area contributed by atoms with Gasteiger partial charge in [-0.2, -0.15) is 4.98 Å². The van der Waals surface area contributed by atoms with Crippen molar-refractivity contribution in [2.75, 3.05) is 5.73 Å². The molecule has 10 heteroatoms. The van der Waals surface area contributed by atoms with Crippen molar-refractivity contribution in [1.29, 1.82) is 0 Å². The molecule has 1 aromatic carbocycles. The zero-order valence-corrected chi connectivity index (χ0v) is 12.7. The molecular weight excluding hydrogens is 333 g/mol. The third-order valence-electron chi connectivity index (χ3n) is 2.71. The Morgan fingerprint density at radius 2 is 2.05 bits per heavy atom. The van der Waals surface area contributed by atoms with E-state index in [0.717, 1.165) is 0 Å². The molecule has 0 saturated heterocycles. The second kappa shape index (κ2) is 5.82. The molecule has 3 aromatic rings. The minimum absolute atomic E-state index is 0.0710. The van der Waals surface area contributed by atoms with Crippen LogP contribution < -0.4 is 10.5 Å². The quantitative estimate of drug-likeness (QED) is 0.769. The molecule has 3 rings (SSSR count).